The lowest BCUT2D eigenvalue weighted by Gasteiger charge is -2.28. The molecular weight excluding hydrogens is 340 g/mol. The van der Waals surface area contributed by atoms with Crippen LogP contribution in [0.15, 0.2) is 53.4 Å². The van der Waals surface area contributed by atoms with Crippen molar-refractivity contribution in [2.24, 2.45) is 5.73 Å². The van der Waals surface area contributed by atoms with E-state index in [-0.39, 0.29) is 23.2 Å². The van der Waals surface area contributed by atoms with Gasteiger partial charge in [-0.25, -0.2) is 0 Å². The molecule has 0 saturated heterocycles. The highest BCUT2D eigenvalue weighted by Crippen LogP contribution is 2.37. The molecule has 138 valence electrons. The van der Waals surface area contributed by atoms with Crippen LogP contribution >= 0.6 is 11.8 Å². The van der Waals surface area contributed by atoms with Crippen molar-refractivity contribution in [1.29, 1.82) is 0 Å². The Labute approximate surface area is 160 Å². The molecule has 0 aromatic heterocycles. The van der Waals surface area contributed by atoms with E-state index in [1.165, 1.54) is 11.1 Å². The largest absolute Gasteiger partial charge is 0.352 e. The zero-order chi connectivity index (χ0) is 18.5. The summed E-state index contributed by atoms with van der Waals surface area (Å²) in [5.74, 6) is 0.0987. The molecule has 1 aliphatic rings. The Morgan fingerprint density at radius 3 is 2.42 bits per heavy atom. The molecule has 1 saturated carbocycles. The minimum Gasteiger partial charge on any atom is -0.352 e. The predicted molar refractivity (Wildman–Crippen MR) is 109 cm³/mol. The molecular formula is C22H28N2OS. The van der Waals surface area contributed by atoms with Gasteiger partial charge in [0.2, 0.25) is 5.91 Å². The van der Waals surface area contributed by atoms with Crippen LogP contribution in [0.5, 0.6) is 0 Å². The van der Waals surface area contributed by atoms with Crippen LogP contribution in [-0.4, -0.2) is 18.0 Å². The molecule has 3 rings (SSSR count). The molecule has 3 nitrogen and oxygen atoms in total. The van der Waals surface area contributed by atoms with E-state index in [0.29, 0.717) is 0 Å². The number of nitrogens with one attached hydrogen (secondary N) is 1. The fourth-order valence-electron chi connectivity index (χ4n) is 3.50. The first-order valence-electron chi connectivity index (χ1n) is 9.38. The zero-order valence-corrected chi connectivity index (χ0v) is 16.4. The Bertz CT molecular complexity index is 739. The lowest BCUT2D eigenvalue weighted by atomic mass is 9.91. The molecule has 0 spiro atoms. The van der Waals surface area contributed by atoms with Gasteiger partial charge in [0.1, 0.15) is 5.25 Å². The summed E-state index contributed by atoms with van der Waals surface area (Å²) in [4.78, 5) is 14.3. The summed E-state index contributed by atoms with van der Waals surface area (Å²) in [6.45, 7) is 4.20. The summed E-state index contributed by atoms with van der Waals surface area (Å²) in [7, 11) is 0. The van der Waals surface area contributed by atoms with Crippen LogP contribution in [-0.2, 0) is 4.79 Å². The third-order valence-electron chi connectivity index (χ3n) is 5.03. The number of amides is 1. The average Bonchev–Trinajstić information content (AvgIpc) is 2.63. The molecule has 1 amide bonds. The van der Waals surface area contributed by atoms with Crippen molar-refractivity contribution in [3.05, 3.63) is 65.2 Å². The van der Waals surface area contributed by atoms with Crippen molar-refractivity contribution in [1.82, 2.24) is 5.32 Å². The molecule has 1 atom stereocenters. The number of aryl methyl sites for hydroxylation is 2. The molecule has 2 aromatic rings. The fourth-order valence-corrected chi connectivity index (χ4v) is 4.61. The molecule has 4 heteroatoms. The maximum Gasteiger partial charge on any atom is 0.238 e. The smallest absolute Gasteiger partial charge is 0.238 e. The number of hydrogen-bond acceptors (Lipinski definition) is 3. The van der Waals surface area contributed by atoms with E-state index in [4.69, 9.17) is 5.73 Å². The summed E-state index contributed by atoms with van der Waals surface area (Å²) in [5.41, 5.74) is 9.49. The highest BCUT2D eigenvalue weighted by molar-refractivity contribution is 8.00. The molecule has 1 fully saturated rings. The van der Waals surface area contributed by atoms with Gasteiger partial charge in [0.25, 0.3) is 0 Å². The maximum absolute atomic E-state index is 13.1. The summed E-state index contributed by atoms with van der Waals surface area (Å²) in [6, 6.07) is 17.0. The van der Waals surface area contributed by atoms with Crippen molar-refractivity contribution in [2.45, 2.75) is 61.8 Å². The first-order valence-corrected chi connectivity index (χ1v) is 10.3. The summed E-state index contributed by atoms with van der Waals surface area (Å²) < 4.78 is 0. The Kier molecular flexibility index (Phi) is 6.38. The third-order valence-corrected chi connectivity index (χ3v) is 6.47. The molecule has 0 heterocycles. The van der Waals surface area contributed by atoms with Crippen molar-refractivity contribution < 1.29 is 4.79 Å². The topological polar surface area (TPSA) is 55.1 Å². The van der Waals surface area contributed by atoms with Gasteiger partial charge in [-0.1, -0.05) is 48.0 Å². The number of benzene rings is 2. The van der Waals surface area contributed by atoms with Gasteiger partial charge in [-0.15, -0.1) is 11.8 Å². The van der Waals surface area contributed by atoms with Crippen LogP contribution in [0.4, 0.5) is 0 Å². The molecule has 1 aliphatic carbocycles. The van der Waals surface area contributed by atoms with Gasteiger partial charge in [0.15, 0.2) is 0 Å². The van der Waals surface area contributed by atoms with Gasteiger partial charge in [0, 0.05) is 17.0 Å². The quantitative estimate of drug-likeness (QED) is 0.763. The second kappa shape index (κ2) is 8.74. The van der Waals surface area contributed by atoms with Gasteiger partial charge in [-0.05, 0) is 56.7 Å². The normalized spacial score (nSPS) is 21.2. The Morgan fingerprint density at radius 2 is 1.77 bits per heavy atom. The molecule has 0 radical (unpaired) electrons. The van der Waals surface area contributed by atoms with Crippen LogP contribution < -0.4 is 11.1 Å². The second-order valence-corrected chi connectivity index (χ2v) is 8.44. The number of carbonyl (C=O) groups excluding carboxylic acids is 1. The van der Waals surface area contributed by atoms with Gasteiger partial charge >= 0.3 is 0 Å². The van der Waals surface area contributed by atoms with E-state index in [9.17, 15) is 4.79 Å². The monoisotopic (exact) mass is 368 g/mol. The number of hydrogen-bond donors (Lipinski definition) is 2. The third kappa shape index (κ3) is 4.89. The van der Waals surface area contributed by atoms with Crippen molar-refractivity contribution >= 4 is 17.7 Å². The van der Waals surface area contributed by atoms with E-state index in [1.807, 2.05) is 30.3 Å². The van der Waals surface area contributed by atoms with E-state index in [1.54, 1.807) is 11.8 Å². The lowest BCUT2D eigenvalue weighted by molar-refractivity contribution is -0.121. The Morgan fingerprint density at radius 1 is 1.08 bits per heavy atom. The molecule has 0 aliphatic heterocycles. The van der Waals surface area contributed by atoms with Gasteiger partial charge in [0.05, 0.1) is 0 Å². The summed E-state index contributed by atoms with van der Waals surface area (Å²) in [6.07, 6.45) is 3.93. The highest BCUT2D eigenvalue weighted by Gasteiger charge is 2.26. The summed E-state index contributed by atoms with van der Waals surface area (Å²) >= 11 is 1.64. The van der Waals surface area contributed by atoms with Gasteiger partial charge in [-0.2, -0.15) is 0 Å². The van der Waals surface area contributed by atoms with E-state index >= 15 is 0 Å². The van der Waals surface area contributed by atoms with Crippen LogP contribution in [0.1, 0.15) is 47.6 Å². The number of nitrogens with two attached hydrogens (primary N) is 1. The van der Waals surface area contributed by atoms with Crippen LogP contribution in [0.3, 0.4) is 0 Å². The lowest BCUT2D eigenvalue weighted by Crippen LogP contribution is -2.42. The summed E-state index contributed by atoms with van der Waals surface area (Å²) in [5, 5.41) is 3.03. The molecule has 2 aromatic carbocycles. The maximum atomic E-state index is 13.1. The Balaban J connectivity index is 1.78. The fraction of sp³-hybridized carbons (Fsp3) is 0.409. The predicted octanol–water partition coefficient (Wildman–Crippen LogP) is 4.52. The zero-order valence-electron chi connectivity index (χ0n) is 15.6. The van der Waals surface area contributed by atoms with Crippen molar-refractivity contribution in [3.8, 4) is 0 Å². The molecule has 26 heavy (non-hydrogen) atoms. The van der Waals surface area contributed by atoms with Crippen LogP contribution in [0, 0.1) is 13.8 Å². The van der Waals surface area contributed by atoms with Crippen molar-refractivity contribution in [2.75, 3.05) is 0 Å². The number of rotatable bonds is 5. The standard InChI is InChI=1S/C22H28N2OS/c1-15-8-13-20(16(2)14-15)26-21(17-6-4-3-5-7-17)22(25)24-19-11-9-18(23)10-12-19/h3-8,13-14,18-19,21H,9-12,23H2,1-2H3,(H,24,25). The van der Waals surface area contributed by atoms with Gasteiger partial charge < -0.3 is 11.1 Å². The van der Waals surface area contributed by atoms with E-state index in [0.717, 1.165) is 36.1 Å². The van der Waals surface area contributed by atoms with Crippen LogP contribution in [0.25, 0.3) is 0 Å². The number of thioether (sulfide) groups is 1. The molecule has 0 bridgehead atoms. The van der Waals surface area contributed by atoms with Crippen LogP contribution in [0.2, 0.25) is 0 Å². The number of carbonyl (C=O) groups is 1. The van der Waals surface area contributed by atoms with Crippen molar-refractivity contribution in [3.63, 3.8) is 0 Å². The molecule has 3 N–H and O–H groups in total. The first-order chi connectivity index (χ1) is 12.5. The van der Waals surface area contributed by atoms with E-state index < -0.39 is 0 Å². The second-order valence-electron chi connectivity index (χ2n) is 7.30. The minimum absolute atomic E-state index is 0.0987. The van der Waals surface area contributed by atoms with Gasteiger partial charge in [-0.3, -0.25) is 4.79 Å². The van der Waals surface area contributed by atoms with E-state index in [2.05, 4.69) is 37.4 Å². The Hall–Kier alpha value is -1.78. The minimum atomic E-state index is -0.242. The first kappa shape index (κ1) is 19.0. The SMILES string of the molecule is Cc1ccc(SC(C(=O)NC2CCC(N)CC2)c2ccccc2)c(C)c1. The average molecular weight is 369 g/mol. The molecule has 1 unspecified atom stereocenters. The highest BCUT2D eigenvalue weighted by atomic mass is 32.2.